The number of nitrogens with zero attached hydrogens (tertiary/aromatic N) is 7. The molecule has 0 aliphatic carbocycles. The second kappa shape index (κ2) is 6.27. The van der Waals surface area contributed by atoms with Crippen LogP contribution in [0.25, 0.3) is 5.95 Å². The minimum Gasteiger partial charge on any atom is -0.378 e. The first kappa shape index (κ1) is 15.9. The molecule has 7 nitrogen and oxygen atoms in total. The summed E-state index contributed by atoms with van der Waals surface area (Å²) in [5.41, 5.74) is 4.08. The van der Waals surface area contributed by atoms with Gasteiger partial charge < -0.3 is 4.90 Å². The quantitative estimate of drug-likeness (QED) is 0.691. The van der Waals surface area contributed by atoms with Gasteiger partial charge in [0.05, 0.1) is 11.9 Å². The van der Waals surface area contributed by atoms with Gasteiger partial charge in [0, 0.05) is 25.5 Å². The van der Waals surface area contributed by atoms with Crippen LogP contribution in [0.5, 0.6) is 0 Å². The second-order valence-electron chi connectivity index (χ2n) is 5.93. The zero-order valence-electron chi connectivity index (χ0n) is 14.6. The summed E-state index contributed by atoms with van der Waals surface area (Å²) in [6.07, 6.45) is 1.80. The highest BCUT2D eigenvalue weighted by atomic mass is 15.5. The Morgan fingerprint density at radius 3 is 2.33 bits per heavy atom. The number of aromatic nitrogens is 5. The molecule has 0 saturated heterocycles. The van der Waals surface area contributed by atoms with E-state index in [1.165, 1.54) is 0 Å². The molecule has 0 aliphatic rings. The average Bonchev–Trinajstić information content (AvgIpc) is 3.07. The molecule has 0 saturated carbocycles. The molecule has 0 spiro atoms. The molecule has 0 N–H and O–H groups in total. The van der Waals surface area contributed by atoms with E-state index >= 15 is 0 Å². The van der Waals surface area contributed by atoms with Crippen molar-refractivity contribution in [2.75, 3.05) is 19.0 Å². The van der Waals surface area contributed by atoms with Gasteiger partial charge in [-0.2, -0.15) is 14.9 Å². The van der Waals surface area contributed by atoms with E-state index in [2.05, 4.69) is 37.4 Å². The molecule has 3 aromatic rings. The number of aryl methyl sites for hydroxylation is 3. The molecule has 0 fully saturated rings. The number of benzene rings is 1. The fraction of sp³-hybridized carbons (Fsp3) is 0.294. The Kier molecular flexibility index (Phi) is 4.16. The van der Waals surface area contributed by atoms with Gasteiger partial charge in [-0.15, -0.1) is 10.2 Å². The van der Waals surface area contributed by atoms with Gasteiger partial charge in [0.2, 0.25) is 0 Å². The fourth-order valence-corrected chi connectivity index (χ4v) is 2.43. The molecule has 0 bridgehead atoms. The molecular formula is C17H21N7. The average molecular weight is 323 g/mol. The molecule has 0 radical (unpaired) electrons. The Morgan fingerprint density at radius 2 is 1.75 bits per heavy atom. The van der Waals surface area contributed by atoms with Crippen LogP contribution in [0.3, 0.4) is 0 Å². The Balaban J connectivity index is 1.93. The number of hydrogen-bond acceptors (Lipinski definition) is 5. The Labute approximate surface area is 141 Å². The van der Waals surface area contributed by atoms with Crippen LogP contribution in [0, 0.1) is 20.8 Å². The highest BCUT2D eigenvalue weighted by Crippen LogP contribution is 2.13. The predicted molar refractivity (Wildman–Crippen MR) is 95.1 cm³/mol. The van der Waals surface area contributed by atoms with Gasteiger partial charge in [0.15, 0.2) is 5.82 Å². The van der Waals surface area contributed by atoms with Crippen molar-refractivity contribution in [3.8, 4) is 5.95 Å². The van der Waals surface area contributed by atoms with E-state index < -0.39 is 0 Å². The summed E-state index contributed by atoms with van der Waals surface area (Å²) >= 11 is 0. The summed E-state index contributed by atoms with van der Waals surface area (Å²) in [5.74, 6) is 1.29. The summed E-state index contributed by atoms with van der Waals surface area (Å²) in [6.45, 7) is 5.80. The molecule has 0 unspecified atom stereocenters. The topological polar surface area (TPSA) is 64.1 Å². The monoisotopic (exact) mass is 323 g/mol. The zero-order chi connectivity index (χ0) is 17.3. The number of rotatable bonds is 4. The van der Waals surface area contributed by atoms with Crippen LogP contribution in [0.4, 0.5) is 5.69 Å². The highest BCUT2D eigenvalue weighted by molar-refractivity contribution is 5.80. The molecule has 7 heteroatoms. The third-order valence-corrected chi connectivity index (χ3v) is 3.71. The van der Waals surface area contributed by atoms with Gasteiger partial charge in [-0.1, -0.05) is 12.1 Å². The minimum atomic E-state index is 0.583. The normalized spacial score (nSPS) is 11.4. The lowest BCUT2D eigenvalue weighted by Crippen LogP contribution is -2.08. The summed E-state index contributed by atoms with van der Waals surface area (Å²) < 4.78 is 3.45. The van der Waals surface area contributed by atoms with Gasteiger partial charge in [0.1, 0.15) is 0 Å². The Morgan fingerprint density at radius 1 is 1.04 bits per heavy atom. The first-order valence-corrected chi connectivity index (χ1v) is 7.73. The minimum absolute atomic E-state index is 0.583. The lowest BCUT2D eigenvalue weighted by Gasteiger charge is -2.11. The molecule has 2 heterocycles. The molecule has 2 aromatic heterocycles. The van der Waals surface area contributed by atoms with Crippen LogP contribution in [-0.2, 0) is 0 Å². The zero-order valence-corrected chi connectivity index (χ0v) is 14.6. The largest absolute Gasteiger partial charge is 0.378 e. The van der Waals surface area contributed by atoms with Crippen LogP contribution in [0.15, 0.2) is 35.4 Å². The highest BCUT2D eigenvalue weighted by Gasteiger charge is 2.13. The molecule has 124 valence electrons. The maximum absolute atomic E-state index is 4.53. The van der Waals surface area contributed by atoms with Crippen LogP contribution >= 0.6 is 0 Å². The number of anilines is 1. The summed E-state index contributed by atoms with van der Waals surface area (Å²) in [6, 6.07) is 10.2. The van der Waals surface area contributed by atoms with Crippen molar-refractivity contribution in [1.29, 1.82) is 0 Å². The van der Waals surface area contributed by atoms with Crippen molar-refractivity contribution < 1.29 is 0 Å². The van der Waals surface area contributed by atoms with Crippen molar-refractivity contribution in [3.05, 3.63) is 53.1 Å². The van der Waals surface area contributed by atoms with Gasteiger partial charge in [0.25, 0.3) is 5.95 Å². The second-order valence-corrected chi connectivity index (χ2v) is 5.93. The van der Waals surface area contributed by atoms with Crippen molar-refractivity contribution in [2.45, 2.75) is 20.8 Å². The van der Waals surface area contributed by atoms with Crippen molar-refractivity contribution in [1.82, 2.24) is 24.7 Å². The summed E-state index contributed by atoms with van der Waals surface area (Å²) in [5, 5.41) is 17.3. The molecule has 1 aromatic carbocycles. The predicted octanol–water partition coefficient (Wildman–Crippen LogP) is 2.34. The molecule has 0 aliphatic heterocycles. The molecule has 3 rings (SSSR count). The van der Waals surface area contributed by atoms with E-state index in [1.54, 1.807) is 15.6 Å². The Bertz CT molecular complexity index is 869. The van der Waals surface area contributed by atoms with E-state index in [9.17, 15) is 0 Å². The number of hydrogen-bond donors (Lipinski definition) is 0. The SMILES string of the molecule is Cc1cc(C)n(-c2nnc(C)n2N=Cc2ccc(N(C)C)cc2)n1. The van der Waals surface area contributed by atoms with Crippen molar-refractivity contribution >= 4 is 11.9 Å². The smallest absolute Gasteiger partial charge is 0.273 e. The van der Waals surface area contributed by atoms with Crippen LogP contribution in [0.1, 0.15) is 22.8 Å². The summed E-state index contributed by atoms with van der Waals surface area (Å²) in [4.78, 5) is 2.06. The lowest BCUT2D eigenvalue weighted by molar-refractivity contribution is 0.708. The Hall–Kier alpha value is -2.96. The first-order valence-electron chi connectivity index (χ1n) is 7.73. The van der Waals surface area contributed by atoms with E-state index in [-0.39, 0.29) is 0 Å². The van der Waals surface area contributed by atoms with E-state index in [1.807, 2.05) is 53.1 Å². The summed E-state index contributed by atoms with van der Waals surface area (Å²) in [7, 11) is 4.04. The van der Waals surface area contributed by atoms with Crippen LogP contribution in [-0.4, -0.2) is 45.0 Å². The lowest BCUT2D eigenvalue weighted by atomic mass is 10.2. The molecule has 24 heavy (non-hydrogen) atoms. The van der Waals surface area contributed by atoms with Gasteiger partial charge >= 0.3 is 0 Å². The van der Waals surface area contributed by atoms with Crippen molar-refractivity contribution in [2.24, 2.45) is 5.10 Å². The van der Waals surface area contributed by atoms with Gasteiger partial charge in [-0.05, 0) is 44.5 Å². The molecule has 0 amide bonds. The van der Waals surface area contributed by atoms with Crippen LogP contribution in [0.2, 0.25) is 0 Å². The maximum Gasteiger partial charge on any atom is 0.273 e. The van der Waals surface area contributed by atoms with E-state index in [0.29, 0.717) is 11.8 Å². The van der Waals surface area contributed by atoms with Crippen molar-refractivity contribution in [3.63, 3.8) is 0 Å². The molecule has 0 atom stereocenters. The third kappa shape index (κ3) is 3.05. The van der Waals surface area contributed by atoms with E-state index in [0.717, 1.165) is 22.6 Å². The molecular weight excluding hydrogens is 302 g/mol. The van der Waals surface area contributed by atoms with Gasteiger partial charge in [-0.3, -0.25) is 0 Å². The van der Waals surface area contributed by atoms with Crippen LogP contribution < -0.4 is 4.90 Å². The van der Waals surface area contributed by atoms with Gasteiger partial charge in [-0.25, -0.2) is 4.68 Å². The fourth-order valence-electron chi connectivity index (χ4n) is 2.43. The standard InChI is InChI=1S/C17H21N7/c1-12-10-13(2)23(21-12)17-20-19-14(3)24(17)18-11-15-6-8-16(9-7-15)22(4)5/h6-11H,1-5H3. The third-order valence-electron chi connectivity index (χ3n) is 3.71. The van der Waals surface area contributed by atoms with E-state index in [4.69, 9.17) is 0 Å². The first-order chi connectivity index (χ1) is 11.5. The maximum atomic E-state index is 4.53.